The van der Waals surface area contributed by atoms with Gasteiger partial charge in [-0.1, -0.05) is 6.07 Å². The maximum atomic E-state index is 11.3. The van der Waals surface area contributed by atoms with Crippen LogP contribution in [0.15, 0.2) is 42.5 Å². The molecule has 100 valence electrons. The molecule has 0 saturated carbocycles. The molecule has 3 rings (SSSR count). The first-order chi connectivity index (χ1) is 9.58. The summed E-state index contributed by atoms with van der Waals surface area (Å²) in [5, 5.41) is 9.24. The van der Waals surface area contributed by atoms with E-state index in [2.05, 4.69) is 27.6 Å². The summed E-state index contributed by atoms with van der Waals surface area (Å²) in [6.45, 7) is 1.88. The van der Waals surface area contributed by atoms with Crippen LogP contribution in [-0.2, 0) is 0 Å². The lowest BCUT2D eigenvalue weighted by Gasteiger charge is -2.07. The van der Waals surface area contributed by atoms with Crippen molar-refractivity contribution >= 4 is 39.6 Å². The third-order valence-corrected chi connectivity index (χ3v) is 3.89. The van der Waals surface area contributed by atoms with Crippen molar-refractivity contribution in [3.63, 3.8) is 0 Å². The first-order valence-corrected chi connectivity index (χ1v) is 7.13. The summed E-state index contributed by atoms with van der Waals surface area (Å²) in [6.07, 6.45) is 0. The number of imidazole rings is 1. The maximum absolute atomic E-state index is 11.3. The molecule has 0 spiro atoms. The van der Waals surface area contributed by atoms with Crippen LogP contribution in [0.5, 0.6) is 0 Å². The molecule has 0 aliphatic heterocycles. The van der Waals surface area contributed by atoms with Gasteiger partial charge in [0.25, 0.3) is 0 Å². The molecule has 0 amide bonds. The van der Waals surface area contributed by atoms with Crippen molar-refractivity contribution in [1.29, 1.82) is 0 Å². The molecule has 0 unspecified atom stereocenters. The van der Waals surface area contributed by atoms with E-state index in [1.165, 1.54) is 0 Å². The third kappa shape index (κ3) is 2.07. The molecular formula is C15H11IN2O2. The highest BCUT2D eigenvalue weighted by atomic mass is 127. The molecule has 0 atom stereocenters. The quantitative estimate of drug-likeness (QED) is 0.693. The van der Waals surface area contributed by atoms with Gasteiger partial charge in [-0.2, -0.15) is 0 Å². The van der Waals surface area contributed by atoms with E-state index in [9.17, 15) is 9.90 Å². The Kier molecular flexibility index (Phi) is 3.21. The van der Waals surface area contributed by atoms with Gasteiger partial charge in [0.05, 0.1) is 11.1 Å². The van der Waals surface area contributed by atoms with Crippen molar-refractivity contribution < 1.29 is 9.90 Å². The van der Waals surface area contributed by atoms with Gasteiger partial charge in [-0.15, -0.1) is 0 Å². The van der Waals surface area contributed by atoms with Gasteiger partial charge in [0.2, 0.25) is 0 Å². The zero-order valence-electron chi connectivity index (χ0n) is 10.7. The van der Waals surface area contributed by atoms with Crippen LogP contribution in [0.1, 0.15) is 16.2 Å². The van der Waals surface area contributed by atoms with E-state index in [1.807, 2.05) is 41.8 Å². The fourth-order valence-electron chi connectivity index (χ4n) is 2.30. The second-order valence-corrected chi connectivity index (χ2v) is 5.69. The number of nitrogens with zero attached hydrogens (tertiary/aromatic N) is 2. The molecule has 0 aliphatic rings. The molecule has 0 bridgehead atoms. The molecule has 0 aliphatic carbocycles. The number of benzene rings is 2. The van der Waals surface area contributed by atoms with Gasteiger partial charge >= 0.3 is 5.97 Å². The van der Waals surface area contributed by atoms with Crippen molar-refractivity contribution in [2.75, 3.05) is 0 Å². The van der Waals surface area contributed by atoms with Crippen molar-refractivity contribution in [2.45, 2.75) is 6.92 Å². The van der Waals surface area contributed by atoms with E-state index in [1.54, 1.807) is 12.1 Å². The summed E-state index contributed by atoms with van der Waals surface area (Å²) >= 11 is 2.25. The number of carbonyl (C=O) groups is 1. The summed E-state index contributed by atoms with van der Waals surface area (Å²) < 4.78 is 3.12. The highest BCUT2D eigenvalue weighted by molar-refractivity contribution is 14.1. The van der Waals surface area contributed by atoms with Gasteiger partial charge in [0.1, 0.15) is 11.3 Å². The molecule has 0 fully saturated rings. The van der Waals surface area contributed by atoms with Crippen molar-refractivity contribution in [3.05, 3.63) is 57.4 Å². The van der Waals surface area contributed by atoms with E-state index >= 15 is 0 Å². The van der Waals surface area contributed by atoms with Gasteiger partial charge in [-0.25, -0.2) is 9.78 Å². The smallest absolute Gasteiger partial charge is 0.337 e. The minimum absolute atomic E-state index is 0.231. The Balaban J connectivity index is 2.31. The van der Waals surface area contributed by atoms with E-state index in [-0.39, 0.29) is 5.56 Å². The molecule has 2 aromatic carbocycles. The minimum atomic E-state index is -0.956. The van der Waals surface area contributed by atoms with Crippen LogP contribution in [-0.4, -0.2) is 20.6 Å². The molecular weight excluding hydrogens is 367 g/mol. The van der Waals surface area contributed by atoms with Crippen molar-refractivity contribution in [1.82, 2.24) is 9.55 Å². The van der Waals surface area contributed by atoms with E-state index in [0.29, 0.717) is 5.52 Å². The highest BCUT2D eigenvalue weighted by Gasteiger charge is 2.15. The normalized spacial score (nSPS) is 10.9. The lowest BCUT2D eigenvalue weighted by Crippen LogP contribution is -1.98. The topological polar surface area (TPSA) is 55.1 Å². The average Bonchev–Trinajstić information content (AvgIpc) is 2.75. The summed E-state index contributed by atoms with van der Waals surface area (Å²) in [4.78, 5) is 15.7. The number of halogens is 1. The molecule has 0 saturated heterocycles. The number of hydrogen-bond donors (Lipinski definition) is 1. The van der Waals surface area contributed by atoms with Gasteiger partial charge in [-0.3, -0.25) is 4.57 Å². The fraction of sp³-hybridized carbons (Fsp3) is 0.0667. The Morgan fingerprint density at radius 2 is 1.90 bits per heavy atom. The number of hydrogen-bond acceptors (Lipinski definition) is 2. The molecule has 1 heterocycles. The van der Waals surface area contributed by atoms with Crippen LogP contribution in [0.4, 0.5) is 0 Å². The van der Waals surface area contributed by atoms with Gasteiger partial charge in [0.15, 0.2) is 0 Å². The zero-order valence-corrected chi connectivity index (χ0v) is 12.8. The van der Waals surface area contributed by atoms with Crippen LogP contribution in [0, 0.1) is 10.5 Å². The predicted octanol–water partition coefficient (Wildman–Crippen LogP) is 3.64. The van der Waals surface area contributed by atoms with Crippen molar-refractivity contribution in [2.24, 2.45) is 0 Å². The number of para-hydroxylation sites is 1. The van der Waals surface area contributed by atoms with E-state index in [4.69, 9.17) is 0 Å². The maximum Gasteiger partial charge on any atom is 0.337 e. The highest BCUT2D eigenvalue weighted by Crippen LogP contribution is 2.24. The summed E-state index contributed by atoms with van der Waals surface area (Å²) in [7, 11) is 0. The van der Waals surface area contributed by atoms with E-state index in [0.717, 1.165) is 20.6 Å². The average molecular weight is 378 g/mol. The minimum Gasteiger partial charge on any atom is -0.478 e. The molecule has 5 heteroatoms. The number of carboxylic acids is 1. The Bertz CT molecular complexity index is 807. The number of fused-ring (bicyclic) bond motifs is 1. The van der Waals surface area contributed by atoms with Gasteiger partial charge < -0.3 is 5.11 Å². The van der Waals surface area contributed by atoms with Crippen LogP contribution < -0.4 is 0 Å². The third-order valence-electron chi connectivity index (χ3n) is 3.17. The van der Waals surface area contributed by atoms with E-state index < -0.39 is 5.97 Å². The lowest BCUT2D eigenvalue weighted by atomic mass is 10.2. The predicted molar refractivity (Wildman–Crippen MR) is 85.5 cm³/mol. The largest absolute Gasteiger partial charge is 0.478 e. The van der Waals surface area contributed by atoms with Crippen LogP contribution >= 0.6 is 22.6 Å². The summed E-state index contributed by atoms with van der Waals surface area (Å²) in [6, 6.07) is 13.3. The standard InChI is InChI=1S/C15H11IN2O2/c1-9-17-14-12(15(19)20)3-2-4-13(14)18(9)11-7-5-10(16)6-8-11/h2-8H,1H3,(H,19,20). The van der Waals surface area contributed by atoms with Crippen LogP contribution in [0.2, 0.25) is 0 Å². The summed E-state index contributed by atoms with van der Waals surface area (Å²) in [5.41, 5.74) is 2.54. The number of aromatic nitrogens is 2. The van der Waals surface area contributed by atoms with Gasteiger partial charge in [-0.05, 0) is 65.9 Å². The second-order valence-electron chi connectivity index (χ2n) is 4.45. The van der Waals surface area contributed by atoms with Crippen LogP contribution in [0.25, 0.3) is 16.7 Å². The number of carboxylic acid groups (broad SMARTS) is 1. The first kappa shape index (κ1) is 13.1. The SMILES string of the molecule is Cc1nc2c(C(=O)O)cccc2n1-c1ccc(I)cc1. The second kappa shape index (κ2) is 4.90. The molecule has 20 heavy (non-hydrogen) atoms. The molecule has 1 aromatic heterocycles. The summed E-state index contributed by atoms with van der Waals surface area (Å²) in [5.74, 6) is -0.183. The molecule has 1 N–H and O–H groups in total. The Morgan fingerprint density at radius 1 is 1.20 bits per heavy atom. The Hall–Kier alpha value is -1.89. The fourth-order valence-corrected chi connectivity index (χ4v) is 2.66. The number of rotatable bonds is 2. The van der Waals surface area contributed by atoms with Gasteiger partial charge in [0, 0.05) is 9.26 Å². The zero-order chi connectivity index (χ0) is 14.3. The first-order valence-electron chi connectivity index (χ1n) is 6.05. The molecule has 4 nitrogen and oxygen atoms in total. The number of aromatic carboxylic acids is 1. The Labute approximate surface area is 129 Å². The van der Waals surface area contributed by atoms with Crippen molar-refractivity contribution in [3.8, 4) is 5.69 Å². The molecule has 0 radical (unpaired) electrons. The molecule has 3 aromatic rings. The van der Waals surface area contributed by atoms with Crippen LogP contribution in [0.3, 0.4) is 0 Å². The lowest BCUT2D eigenvalue weighted by molar-refractivity contribution is 0.0699. The Morgan fingerprint density at radius 3 is 2.55 bits per heavy atom. The monoisotopic (exact) mass is 378 g/mol. The number of aryl methyl sites for hydroxylation is 1.